The van der Waals surface area contributed by atoms with Gasteiger partial charge < -0.3 is 11.0 Å². The Kier molecular flexibility index (Phi) is 148. The lowest BCUT2D eigenvalue weighted by Gasteiger charge is -1.31. The first-order valence-corrected chi connectivity index (χ1v) is 2.41. The molecule has 82 valence electrons. The number of aldehydes is 6. The molecule has 4 N–H and O–H groups in total. The lowest BCUT2D eigenvalue weighted by atomic mass is 10.9. The van der Waals surface area contributed by atoms with Crippen LogP contribution in [0.3, 0.4) is 0 Å². The standard InChI is InChI=1S/3C2H2O2.2H2O/c3*3-1-2-4;;/h3*1-2H;2*1H2. The molecule has 0 atom stereocenters. The van der Waals surface area contributed by atoms with Gasteiger partial charge in [0, 0.05) is 0 Å². The summed E-state index contributed by atoms with van der Waals surface area (Å²) in [6.07, 6.45) is 1.17. The Labute approximate surface area is 78.5 Å². The summed E-state index contributed by atoms with van der Waals surface area (Å²) >= 11 is 0. The Morgan fingerprint density at radius 2 is 0.429 bits per heavy atom. The van der Waals surface area contributed by atoms with E-state index >= 15 is 0 Å². The van der Waals surface area contributed by atoms with E-state index in [9.17, 15) is 0 Å². The third-order valence-corrected chi connectivity index (χ3v) is 0.167. The fourth-order valence-electron chi connectivity index (χ4n) is 0. The van der Waals surface area contributed by atoms with Gasteiger partial charge in [-0.1, -0.05) is 0 Å². The second kappa shape index (κ2) is 69.6. The summed E-state index contributed by atoms with van der Waals surface area (Å²) in [4.78, 5) is 52.8. The largest absolute Gasteiger partial charge is 0.412 e. The van der Waals surface area contributed by atoms with Crippen molar-refractivity contribution in [2.24, 2.45) is 0 Å². The summed E-state index contributed by atoms with van der Waals surface area (Å²) < 4.78 is 0. The quantitative estimate of drug-likeness (QED) is 0.346. The molecule has 0 bridgehead atoms. The van der Waals surface area contributed by atoms with Crippen molar-refractivity contribution >= 4 is 37.7 Å². The summed E-state index contributed by atoms with van der Waals surface area (Å²) in [5, 5.41) is 0. The van der Waals surface area contributed by atoms with Crippen molar-refractivity contribution in [3.63, 3.8) is 0 Å². The van der Waals surface area contributed by atoms with Crippen LogP contribution >= 0.6 is 0 Å². The van der Waals surface area contributed by atoms with E-state index in [1.165, 1.54) is 0 Å². The Balaban J connectivity index is -0.0000000270. The number of rotatable bonds is 3. The van der Waals surface area contributed by atoms with Crippen molar-refractivity contribution in [2.45, 2.75) is 0 Å². The molecule has 0 unspecified atom stereocenters. The van der Waals surface area contributed by atoms with Gasteiger partial charge in [0.2, 0.25) is 0 Å². The predicted octanol–water partition coefficient (Wildman–Crippen LogP) is -3.50. The molecule has 0 aliphatic carbocycles. The van der Waals surface area contributed by atoms with E-state index in [1.54, 1.807) is 0 Å². The Bertz CT molecular complexity index is 105. The minimum atomic E-state index is 0. The Hall–Kier alpha value is -2.06. The van der Waals surface area contributed by atoms with E-state index in [0.717, 1.165) is 0 Å². The van der Waals surface area contributed by atoms with Crippen LogP contribution in [-0.4, -0.2) is 48.7 Å². The Morgan fingerprint density at radius 3 is 0.429 bits per heavy atom. The zero-order valence-electron chi connectivity index (χ0n) is 6.91. The van der Waals surface area contributed by atoms with Gasteiger partial charge >= 0.3 is 0 Å². The molecule has 0 aliphatic heterocycles. The highest BCUT2D eigenvalue weighted by Gasteiger charge is 1.47. The van der Waals surface area contributed by atoms with Crippen LogP contribution in [-0.2, 0) is 28.8 Å². The van der Waals surface area contributed by atoms with Crippen molar-refractivity contribution in [3.8, 4) is 0 Å². The molecule has 0 saturated carbocycles. The number of carbonyl (C=O) groups is 6. The lowest BCUT2D eigenvalue weighted by molar-refractivity contribution is -0.122. The second-order valence-corrected chi connectivity index (χ2v) is 0.816. The van der Waals surface area contributed by atoms with Crippen LogP contribution in [0.25, 0.3) is 0 Å². The van der Waals surface area contributed by atoms with Gasteiger partial charge in [0.05, 0.1) is 0 Å². The molecular weight excluding hydrogens is 200 g/mol. The summed E-state index contributed by atoms with van der Waals surface area (Å²) in [5.74, 6) is 0. The third-order valence-electron chi connectivity index (χ3n) is 0.167. The Morgan fingerprint density at radius 1 is 0.357 bits per heavy atom. The van der Waals surface area contributed by atoms with Crippen molar-refractivity contribution < 1.29 is 39.7 Å². The zero-order chi connectivity index (χ0) is 10.2. The first-order chi connectivity index (χ1) is 5.74. The first kappa shape index (κ1) is 29.7. The average Bonchev–Trinajstić information content (AvgIpc) is 2.18. The van der Waals surface area contributed by atoms with Gasteiger partial charge in [-0.05, 0) is 0 Å². The normalized spacial score (nSPS) is 4.29. The minimum Gasteiger partial charge on any atom is -0.412 e. The SMILES string of the molecule is O.O.O=CC=O.O=CC=O.O=CC=O. The van der Waals surface area contributed by atoms with Gasteiger partial charge in [0.25, 0.3) is 0 Å². The van der Waals surface area contributed by atoms with Gasteiger partial charge in [-0.25, -0.2) is 0 Å². The van der Waals surface area contributed by atoms with Gasteiger partial charge in [0.1, 0.15) is 0 Å². The van der Waals surface area contributed by atoms with Crippen LogP contribution in [0.4, 0.5) is 0 Å². The third kappa shape index (κ3) is 899. The van der Waals surface area contributed by atoms with E-state index in [0.29, 0.717) is 0 Å². The van der Waals surface area contributed by atoms with Crippen LogP contribution in [0.1, 0.15) is 0 Å². The lowest BCUT2D eigenvalue weighted by Crippen LogP contribution is -1.62. The highest BCUT2D eigenvalue weighted by Crippen LogP contribution is 1.12. The summed E-state index contributed by atoms with van der Waals surface area (Å²) in [6, 6.07) is 0. The maximum atomic E-state index is 8.81. The number of carbonyl (C=O) groups excluding carboxylic acids is 6. The molecule has 0 saturated heterocycles. The predicted molar refractivity (Wildman–Crippen MR) is 43.6 cm³/mol. The van der Waals surface area contributed by atoms with E-state index in [-0.39, 0.29) is 48.7 Å². The van der Waals surface area contributed by atoms with Gasteiger partial charge in [-0.15, -0.1) is 0 Å². The molecule has 0 aromatic heterocycles. The molecule has 8 heteroatoms. The molecular formula is C6H10O8. The van der Waals surface area contributed by atoms with Crippen LogP contribution in [0, 0.1) is 0 Å². The molecule has 0 rings (SSSR count). The second-order valence-electron chi connectivity index (χ2n) is 0.816. The topological polar surface area (TPSA) is 165 Å². The van der Waals surface area contributed by atoms with Crippen LogP contribution in [0.2, 0.25) is 0 Å². The fraction of sp³-hybridized carbons (Fsp3) is 0. The smallest absolute Gasteiger partial charge is 0.182 e. The highest BCUT2D eigenvalue weighted by atomic mass is 16.2. The molecule has 0 heterocycles. The summed E-state index contributed by atoms with van der Waals surface area (Å²) in [7, 11) is 0. The van der Waals surface area contributed by atoms with Crippen molar-refractivity contribution in [3.05, 3.63) is 0 Å². The van der Waals surface area contributed by atoms with Gasteiger partial charge in [-0.3, -0.25) is 28.8 Å². The van der Waals surface area contributed by atoms with E-state index in [4.69, 9.17) is 28.8 Å². The molecule has 0 radical (unpaired) electrons. The van der Waals surface area contributed by atoms with E-state index in [1.807, 2.05) is 0 Å². The minimum absolute atomic E-state index is 0. The molecule has 0 fully saturated rings. The fourth-order valence-corrected chi connectivity index (χ4v) is 0. The van der Waals surface area contributed by atoms with Crippen LogP contribution < -0.4 is 0 Å². The molecule has 0 amide bonds. The van der Waals surface area contributed by atoms with E-state index < -0.39 is 0 Å². The van der Waals surface area contributed by atoms with Gasteiger partial charge in [-0.2, -0.15) is 0 Å². The van der Waals surface area contributed by atoms with Crippen molar-refractivity contribution in [1.29, 1.82) is 0 Å². The molecule has 8 nitrogen and oxygen atoms in total. The van der Waals surface area contributed by atoms with Gasteiger partial charge in [0.15, 0.2) is 37.7 Å². The average molecular weight is 210 g/mol. The molecule has 14 heavy (non-hydrogen) atoms. The van der Waals surface area contributed by atoms with Crippen LogP contribution in [0.5, 0.6) is 0 Å². The monoisotopic (exact) mass is 210 g/mol. The maximum absolute atomic E-state index is 8.81. The zero-order valence-corrected chi connectivity index (χ0v) is 6.91. The van der Waals surface area contributed by atoms with E-state index in [2.05, 4.69) is 0 Å². The molecule has 0 spiro atoms. The molecule has 0 aromatic carbocycles. The first-order valence-electron chi connectivity index (χ1n) is 2.41. The van der Waals surface area contributed by atoms with Crippen molar-refractivity contribution in [1.82, 2.24) is 0 Å². The molecule has 0 aliphatic rings. The van der Waals surface area contributed by atoms with Crippen molar-refractivity contribution in [2.75, 3.05) is 0 Å². The highest BCUT2D eigenvalue weighted by molar-refractivity contribution is 6.09. The summed E-state index contributed by atoms with van der Waals surface area (Å²) in [5.41, 5.74) is 0. The number of hydrogen-bond acceptors (Lipinski definition) is 6. The maximum Gasteiger partial charge on any atom is 0.182 e. The molecule has 0 aromatic rings. The van der Waals surface area contributed by atoms with Crippen LogP contribution in [0.15, 0.2) is 0 Å². The summed E-state index contributed by atoms with van der Waals surface area (Å²) in [6.45, 7) is 0. The number of hydrogen-bond donors (Lipinski definition) is 0.